The Labute approximate surface area is 199 Å². The van der Waals surface area contributed by atoms with Gasteiger partial charge in [-0.05, 0) is 42.7 Å². The molecule has 1 aromatic heterocycles. The van der Waals surface area contributed by atoms with Gasteiger partial charge >= 0.3 is 0 Å². The van der Waals surface area contributed by atoms with Gasteiger partial charge in [0, 0.05) is 22.9 Å². The highest BCUT2D eigenvalue weighted by Gasteiger charge is 2.16. The maximum atomic E-state index is 13.2. The number of carbonyl (C=O) groups excluding carboxylic acids is 1. The maximum Gasteiger partial charge on any atom is 0.276 e. The first-order valence-electron chi connectivity index (χ1n) is 11.0. The second-order valence-corrected chi connectivity index (χ2v) is 8.25. The Morgan fingerprint density at radius 3 is 2.33 bits per heavy atom. The van der Waals surface area contributed by atoms with Crippen LogP contribution in [0.3, 0.4) is 0 Å². The van der Waals surface area contributed by atoms with Crippen molar-refractivity contribution in [3.63, 3.8) is 0 Å². The molecule has 1 heterocycles. The molecule has 0 atom stereocenters. The van der Waals surface area contributed by atoms with Crippen molar-refractivity contribution in [1.29, 1.82) is 0 Å². The Balaban J connectivity index is 0.00000149. The monoisotopic (exact) mass is 455 g/mol. The first kappa shape index (κ1) is 24.1. The Morgan fingerprint density at radius 1 is 0.939 bits per heavy atom. The van der Waals surface area contributed by atoms with E-state index in [0.717, 1.165) is 33.2 Å². The smallest absolute Gasteiger partial charge is 0.276 e. The normalized spacial score (nSPS) is 12.0. The zero-order chi connectivity index (χ0) is 23.8. The number of aliphatic imine (C=N–C) groups is 1. The fourth-order valence-corrected chi connectivity index (χ4v) is 3.98. The van der Waals surface area contributed by atoms with E-state index < -0.39 is 0 Å². The van der Waals surface area contributed by atoms with Gasteiger partial charge in [-0.1, -0.05) is 86.1 Å². The fraction of sp³-hybridized carbons (Fsp3) is 0.179. The summed E-state index contributed by atoms with van der Waals surface area (Å²) in [7, 11) is 0. The van der Waals surface area contributed by atoms with Crippen molar-refractivity contribution < 1.29 is 4.79 Å². The molecule has 0 fully saturated rings. The molecule has 0 saturated carbocycles. The molecule has 4 aromatic rings. The maximum absolute atomic E-state index is 13.2. The molecule has 1 N–H and O–H groups in total. The van der Waals surface area contributed by atoms with E-state index in [1.165, 1.54) is 16.9 Å². The molecule has 3 aromatic carbocycles. The van der Waals surface area contributed by atoms with E-state index in [4.69, 9.17) is 4.99 Å². The second kappa shape index (κ2) is 11.3. The van der Waals surface area contributed by atoms with Gasteiger partial charge in [-0.2, -0.15) is 0 Å². The van der Waals surface area contributed by atoms with Crippen LogP contribution >= 0.6 is 11.3 Å². The highest BCUT2D eigenvalue weighted by molar-refractivity contribution is 7.13. The Morgan fingerprint density at radius 2 is 1.64 bits per heavy atom. The van der Waals surface area contributed by atoms with Crippen LogP contribution in [0.4, 0.5) is 5.13 Å². The van der Waals surface area contributed by atoms with Crippen molar-refractivity contribution in [3.05, 3.63) is 101 Å². The molecular weight excluding hydrogens is 426 g/mol. The number of aryl methyl sites for hydroxylation is 1. The van der Waals surface area contributed by atoms with Gasteiger partial charge in [0.1, 0.15) is 5.70 Å². The average molecular weight is 456 g/mol. The molecule has 0 unspecified atom stereocenters. The quantitative estimate of drug-likeness (QED) is 0.250. The van der Waals surface area contributed by atoms with E-state index in [0.29, 0.717) is 10.8 Å². The van der Waals surface area contributed by atoms with Crippen LogP contribution in [0.1, 0.15) is 44.4 Å². The summed E-state index contributed by atoms with van der Waals surface area (Å²) in [5.74, 6) is -0.271. The van der Waals surface area contributed by atoms with Gasteiger partial charge < -0.3 is 0 Å². The van der Waals surface area contributed by atoms with Crippen molar-refractivity contribution in [1.82, 2.24) is 4.98 Å². The zero-order valence-electron chi connectivity index (χ0n) is 19.7. The number of benzene rings is 3. The standard InChI is InChI=1S/C26H23N3OS.C2H6/c1-17-11-13-20(14-12-17)18(2)24(25(30)29-26-27-15-16-31-26)28-19(3)22-10-6-8-21-7-4-5-9-23(21)22;1-2/h4-16H,1-3H3,(H,27,29,30);1-2H3/b24-18+,28-19?;. The van der Waals surface area contributed by atoms with Crippen molar-refractivity contribution in [2.75, 3.05) is 5.32 Å². The number of anilines is 1. The molecule has 0 bridgehead atoms. The number of aromatic nitrogens is 1. The van der Waals surface area contributed by atoms with Crippen LogP contribution in [0.15, 0.2) is 89.0 Å². The summed E-state index contributed by atoms with van der Waals surface area (Å²) in [6.07, 6.45) is 1.67. The highest BCUT2D eigenvalue weighted by Crippen LogP contribution is 2.25. The molecule has 0 aliphatic rings. The number of fused-ring (bicyclic) bond motifs is 1. The fourth-order valence-electron chi connectivity index (χ4n) is 3.46. The Hall–Kier alpha value is -3.57. The topological polar surface area (TPSA) is 54.4 Å². The Kier molecular flexibility index (Phi) is 8.28. The highest BCUT2D eigenvalue weighted by atomic mass is 32.1. The van der Waals surface area contributed by atoms with Gasteiger partial charge in [0.05, 0.1) is 0 Å². The van der Waals surface area contributed by atoms with Crippen LogP contribution in [0.5, 0.6) is 0 Å². The van der Waals surface area contributed by atoms with Gasteiger partial charge in [-0.3, -0.25) is 10.1 Å². The Bertz CT molecular complexity index is 1280. The number of amides is 1. The van der Waals surface area contributed by atoms with E-state index in [1.807, 2.05) is 88.5 Å². The largest absolute Gasteiger partial charge is 0.296 e. The second-order valence-electron chi connectivity index (χ2n) is 7.35. The third-order valence-electron chi connectivity index (χ3n) is 5.17. The van der Waals surface area contributed by atoms with E-state index in [-0.39, 0.29) is 5.91 Å². The lowest BCUT2D eigenvalue weighted by molar-refractivity contribution is -0.112. The number of hydrogen-bond acceptors (Lipinski definition) is 4. The van der Waals surface area contributed by atoms with Gasteiger partial charge in [-0.25, -0.2) is 9.98 Å². The first-order chi connectivity index (χ1) is 16.0. The summed E-state index contributed by atoms with van der Waals surface area (Å²) >= 11 is 1.38. The lowest BCUT2D eigenvalue weighted by Gasteiger charge is -2.12. The molecule has 4 rings (SSSR count). The van der Waals surface area contributed by atoms with E-state index in [9.17, 15) is 4.79 Å². The molecular formula is C28H29N3OS. The number of carbonyl (C=O) groups is 1. The van der Waals surface area contributed by atoms with Crippen molar-refractivity contribution in [2.45, 2.75) is 34.6 Å². The van der Waals surface area contributed by atoms with E-state index >= 15 is 0 Å². The first-order valence-corrected chi connectivity index (χ1v) is 11.9. The summed E-state index contributed by atoms with van der Waals surface area (Å²) in [5, 5.41) is 7.52. The molecule has 4 nitrogen and oxygen atoms in total. The molecule has 0 aliphatic heterocycles. The van der Waals surface area contributed by atoms with Gasteiger partial charge in [-0.15, -0.1) is 11.3 Å². The van der Waals surface area contributed by atoms with Crippen LogP contribution in [-0.2, 0) is 4.79 Å². The predicted octanol–water partition coefficient (Wildman–Crippen LogP) is 7.51. The summed E-state index contributed by atoms with van der Waals surface area (Å²) in [4.78, 5) is 22.2. The summed E-state index contributed by atoms with van der Waals surface area (Å²) in [6.45, 7) is 9.92. The molecule has 0 aliphatic carbocycles. The van der Waals surface area contributed by atoms with Crippen LogP contribution in [0.25, 0.3) is 16.3 Å². The van der Waals surface area contributed by atoms with E-state index in [2.05, 4.69) is 28.5 Å². The summed E-state index contributed by atoms with van der Waals surface area (Å²) < 4.78 is 0. The zero-order valence-corrected chi connectivity index (χ0v) is 20.5. The lowest BCUT2D eigenvalue weighted by Crippen LogP contribution is -2.15. The number of rotatable bonds is 5. The average Bonchev–Trinajstić information content (AvgIpc) is 3.36. The third-order valence-corrected chi connectivity index (χ3v) is 5.86. The number of nitrogens with one attached hydrogen (secondary N) is 1. The third kappa shape index (κ3) is 5.82. The van der Waals surface area contributed by atoms with Gasteiger partial charge in [0.25, 0.3) is 5.91 Å². The van der Waals surface area contributed by atoms with Gasteiger partial charge in [0.2, 0.25) is 0 Å². The van der Waals surface area contributed by atoms with E-state index in [1.54, 1.807) is 6.20 Å². The molecule has 168 valence electrons. The van der Waals surface area contributed by atoms with Crippen molar-refractivity contribution in [3.8, 4) is 0 Å². The van der Waals surface area contributed by atoms with Crippen LogP contribution in [0, 0.1) is 6.92 Å². The van der Waals surface area contributed by atoms with Crippen LogP contribution < -0.4 is 5.32 Å². The lowest BCUT2D eigenvalue weighted by atomic mass is 10.0. The number of nitrogens with zero attached hydrogens (tertiary/aromatic N) is 2. The van der Waals surface area contributed by atoms with Crippen LogP contribution in [-0.4, -0.2) is 16.6 Å². The predicted molar refractivity (Wildman–Crippen MR) is 142 cm³/mol. The summed E-state index contributed by atoms with van der Waals surface area (Å²) in [5.41, 5.74) is 5.12. The minimum Gasteiger partial charge on any atom is -0.296 e. The number of allylic oxidation sites excluding steroid dienone is 1. The molecule has 1 amide bonds. The van der Waals surface area contributed by atoms with Crippen molar-refractivity contribution in [2.24, 2.45) is 4.99 Å². The minimum atomic E-state index is -0.271. The van der Waals surface area contributed by atoms with Crippen LogP contribution in [0.2, 0.25) is 0 Å². The molecule has 5 heteroatoms. The van der Waals surface area contributed by atoms with Gasteiger partial charge in [0.15, 0.2) is 5.13 Å². The van der Waals surface area contributed by atoms with Crippen molar-refractivity contribution >= 4 is 44.4 Å². The molecule has 0 radical (unpaired) electrons. The summed E-state index contributed by atoms with van der Waals surface area (Å²) in [6, 6.07) is 22.4. The molecule has 33 heavy (non-hydrogen) atoms. The SMILES string of the molecule is CC.CC(=N/C(C(=O)Nc1nccs1)=C(\C)c1ccc(C)cc1)c1cccc2ccccc12. The molecule has 0 saturated heterocycles. The number of hydrogen-bond donors (Lipinski definition) is 1. The number of thiazole rings is 1. The molecule has 0 spiro atoms. The minimum absolute atomic E-state index is 0.271.